The Morgan fingerprint density at radius 3 is 1.92 bits per heavy atom. The highest BCUT2D eigenvalue weighted by atomic mass is 31.2. The number of hydrogen-bond donors (Lipinski definition) is 6. The van der Waals surface area contributed by atoms with Crippen molar-refractivity contribution in [2.45, 2.75) is 55.3 Å². The van der Waals surface area contributed by atoms with Gasteiger partial charge in [0.2, 0.25) is 0 Å². The molecule has 3 aliphatic heterocycles. The SMILES string of the molecule is NCC(O)CNc1ncnc2c1ncn2[C@@H]1OC2COP(=O)(O)O[C@H]3[C@@H](F)[C@H](n4cnc5c(N)ncnc54)O[C@@H]3COP(=O)(O)O[C@H]2[C@H]1F. The summed E-state index contributed by atoms with van der Waals surface area (Å²) in [4.78, 5) is 45.5. The number of aliphatic hydroxyl groups is 1. The minimum Gasteiger partial charge on any atom is -0.390 e. The zero-order valence-corrected chi connectivity index (χ0v) is 26.6. The summed E-state index contributed by atoms with van der Waals surface area (Å²) in [6, 6.07) is 0. The molecule has 0 spiro atoms. The van der Waals surface area contributed by atoms with Crippen molar-refractivity contribution in [1.29, 1.82) is 0 Å². The summed E-state index contributed by atoms with van der Waals surface area (Å²) in [5, 5.41) is 12.6. The third-order valence-corrected chi connectivity index (χ3v) is 9.89. The second-order valence-corrected chi connectivity index (χ2v) is 13.9. The zero-order chi connectivity index (χ0) is 34.7. The standard InChI is InChI=1S/C23H29F2N11O11P2/c24-12-16-10(44-22(12)35-7-33-14-18(27)29-5-31-20(14)35)3-42-49(40,41)47-17-11(4-43-48(38,39)46-16)45-23(13(17)25)36-8-34-15-19(28-2-9(37)1-26)30-6-32-21(15)36/h5-13,16-17,22-23,37H,1-4,26H2,(H,38,39)(H,40,41)(H2,27,29,31)(H,28,30,32)/t9?,10-,11?,12-,13-,16-,17-,22-,23-/m1/s1. The van der Waals surface area contributed by atoms with E-state index in [-0.39, 0.29) is 47.1 Å². The summed E-state index contributed by atoms with van der Waals surface area (Å²) >= 11 is 0. The Kier molecular flexibility index (Phi) is 9.09. The second-order valence-electron chi connectivity index (χ2n) is 11.1. The predicted molar refractivity (Wildman–Crippen MR) is 158 cm³/mol. The van der Waals surface area contributed by atoms with E-state index in [9.17, 15) is 24.0 Å². The Hall–Kier alpha value is -3.38. The second kappa shape index (κ2) is 13.1. The Labute approximate surface area is 272 Å². The molecule has 26 heteroatoms. The molecule has 4 aromatic heterocycles. The third-order valence-electron chi connectivity index (χ3n) is 7.92. The van der Waals surface area contributed by atoms with Gasteiger partial charge in [-0.15, -0.1) is 0 Å². The molecule has 0 radical (unpaired) electrons. The maximum atomic E-state index is 16.1. The number of nitrogens with two attached hydrogens (primary N) is 2. The first kappa shape index (κ1) is 34.1. The van der Waals surface area contributed by atoms with E-state index in [2.05, 4.69) is 35.2 Å². The number of nitrogens with one attached hydrogen (secondary N) is 1. The van der Waals surface area contributed by atoms with E-state index >= 15 is 8.78 Å². The quantitative estimate of drug-likeness (QED) is 0.136. The number of rotatable bonds is 6. The van der Waals surface area contributed by atoms with Gasteiger partial charge in [0.25, 0.3) is 0 Å². The first-order valence-corrected chi connectivity index (χ1v) is 17.5. The molecule has 4 aromatic rings. The minimum absolute atomic E-state index is 0.00801. The van der Waals surface area contributed by atoms with Crippen LogP contribution in [-0.4, -0.2) is 123 Å². The highest BCUT2D eigenvalue weighted by Crippen LogP contribution is 2.54. The summed E-state index contributed by atoms with van der Waals surface area (Å²) in [5.74, 6) is 0.175. The van der Waals surface area contributed by atoms with E-state index in [4.69, 9.17) is 39.0 Å². The van der Waals surface area contributed by atoms with Gasteiger partial charge in [-0.05, 0) is 0 Å². The molecule has 0 aliphatic carbocycles. The van der Waals surface area contributed by atoms with Gasteiger partial charge in [0.05, 0.1) is 32.0 Å². The Balaban J connectivity index is 1.13. The van der Waals surface area contributed by atoms with E-state index in [0.717, 1.165) is 34.4 Å². The van der Waals surface area contributed by atoms with Crippen molar-refractivity contribution in [2.24, 2.45) is 5.73 Å². The van der Waals surface area contributed by atoms with Crippen LogP contribution >= 0.6 is 15.6 Å². The fraction of sp³-hybridized carbons (Fsp3) is 0.565. The fourth-order valence-electron chi connectivity index (χ4n) is 5.58. The van der Waals surface area contributed by atoms with Crippen LogP contribution < -0.4 is 16.8 Å². The maximum Gasteiger partial charge on any atom is 0.472 e. The van der Waals surface area contributed by atoms with Gasteiger partial charge in [0.1, 0.15) is 42.6 Å². The third kappa shape index (κ3) is 6.51. The number of hydrogen-bond acceptors (Lipinski definition) is 18. The Morgan fingerprint density at radius 1 is 0.857 bits per heavy atom. The smallest absolute Gasteiger partial charge is 0.390 e. The number of anilines is 2. The average Bonchev–Trinajstić information content (AvgIpc) is 3.83. The van der Waals surface area contributed by atoms with E-state index < -0.39 is 84.2 Å². The Morgan fingerprint density at radius 2 is 1.37 bits per heavy atom. The summed E-state index contributed by atoms with van der Waals surface area (Å²) in [6.07, 6.45) is -11.0. The van der Waals surface area contributed by atoms with Gasteiger partial charge in [-0.3, -0.25) is 27.2 Å². The van der Waals surface area contributed by atoms with Crippen molar-refractivity contribution < 1.29 is 60.4 Å². The molecule has 7 rings (SSSR count). The fourth-order valence-corrected chi connectivity index (χ4v) is 7.49. The molecule has 3 saturated heterocycles. The number of alkyl halides is 2. The molecule has 11 atom stereocenters. The van der Waals surface area contributed by atoms with Crippen LogP contribution in [0.3, 0.4) is 0 Å². The Bertz CT molecular complexity index is 1940. The van der Waals surface area contributed by atoms with Crippen LogP contribution in [0.15, 0.2) is 25.3 Å². The highest BCUT2D eigenvalue weighted by molar-refractivity contribution is 7.47. The first-order chi connectivity index (χ1) is 23.4. The van der Waals surface area contributed by atoms with Crippen molar-refractivity contribution in [3.63, 3.8) is 0 Å². The van der Waals surface area contributed by atoms with Crippen LogP contribution in [0.1, 0.15) is 12.5 Å². The van der Waals surface area contributed by atoms with Gasteiger partial charge in [-0.2, -0.15) is 0 Å². The molecule has 49 heavy (non-hydrogen) atoms. The van der Waals surface area contributed by atoms with Crippen LogP contribution in [0.5, 0.6) is 0 Å². The van der Waals surface area contributed by atoms with Crippen LogP contribution in [-0.2, 0) is 36.7 Å². The monoisotopic (exact) mass is 735 g/mol. The topological polar surface area (TPSA) is 301 Å². The van der Waals surface area contributed by atoms with Gasteiger partial charge >= 0.3 is 15.6 Å². The lowest BCUT2D eigenvalue weighted by atomic mass is 10.1. The van der Waals surface area contributed by atoms with E-state index in [0.29, 0.717) is 0 Å². The number of phosphoric acid groups is 2. The van der Waals surface area contributed by atoms with Crippen LogP contribution in [0.2, 0.25) is 0 Å². The maximum absolute atomic E-state index is 16.1. The molecule has 0 bridgehead atoms. The van der Waals surface area contributed by atoms with Gasteiger partial charge in [-0.25, -0.2) is 47.8 Å². The molecule has 8 N–H and O–H groups in total. The lowest BCUT2D eigenvalue weighted by molar-refractivity contribution is -0.0662. The van der Waals surface area contributed by atoms with Gasteiger partial charge in [0, 0.05) is 13.1 Å². The number of halogens is 2. The molecule has 3 fully saturated rings. The van der Waals surface area contributed by atoms with Crippen molar-refractivity contribution in [1.82, 2.24) is 39.0 Å². The number of imidazole rings is 2. The molecular formula is C23H29F2N11O11P2. The predicted octanol–water partition coefficient (Wildman–Crippen LogP) is -0.531. The van der Waals surface area contributed by atoms with Crippen molar-refractivity contribution in [3.05, 3.63) is 25.3 Å². The number of ether oxygens (including phenoxy) is 2. The zero-order valence-electron chi connectivity index (χ0n) is 24.8. The van der Waals surface area contributed by atoms with Crippen molar-refractivity contribution in [3.8, 4) is 0 Å². The van der Waals surface area contributed by atoms with Crippen LogP contribution in [0, 0.1) is 0 Å². The highest BCUT2D eigenvalue weighted by Gasteiger charge is 2.55. The van der Waals surface area contributed by atoms with E-state index in [1.165, 1.54) is 0 Å². The van der Waals surface area contributed by atoms with Gasteiger partial charge < -0.3 is 41.2 Å². The van der Waals surface area contributed by atoms with Crippen molar-refractivity contribution >= 4 is 49.6 Å². The van der Waals surface area contributed by atoms with Gasteiger partial charge in [-0.1, -0.05) is 0 Å². The molecule has 7 heterocycles. The molecule has 0 saturated carbocycles. The van der Waals surface area contributed by atoms with Crippen LogP contribution in [0.4, 0.5) is 20.4 Å². The molecule has 0 aromatic carbocycles. The molecule has 4 unspecified atom stereocenters. The molecule has 266 valence electrons. The number of aliphatic hydroxyl groups excluding tert-OH is 1. The lowest BCUT2D eigenvalue weighted by Crippen LogP contribution is -2.37. The molecular weight excluding hydrogens is 706 g/mol. The van der Waals surface area contributed by atoms with Crippen LogP contribution in [0.25, 0.3) is 22.3 Å². The summed E-state index contributed by atoms with van der Waals surface area (Å²) < 4.78 is 92.4. The lowest BCUT2D eigenvalue weighted by Gasteiger charge is -2.27. The first-order valence-electron chi connectivity index (χ1n) is 14.5. The van der Waals surface area contributed by atoms with E-state index in [1.807, 2.05) is 0 Å². The van der Waals surface area contributed by atoms with Gasteiger partial charge in [0.15, 0.2) is 53.2 Å². The average molecular weight is 735 g/mol. The van der Waals surface area contributed by atoms with Crippen molar-refractivity contribution in [2.75, 3.05) is 37.4 Å². The summed E-state index contributed by atoms with van der Waals surface area (Å²) in [6.45, 7) is -1.86. The molecule has 22 nitrogen and oxygen atoms in total. The minimum atomic E-state index is -5.17. The number of phosphoric ester groups is 2. The largest absolute Gasteiger partial charge is 0.472 e. The number of nitrogen functional groups attached to an aromatic ring is 1. The summed E-state index contributed by atoms with van der Waals surface area (Å²) in [7, 11) is -10.3. The number of aromatic nitrogens is 8. The normalized spacial score (nSPS) is 36.2. The molecule has 0 amide bonds. The molecule has 3 aliphatic rings. The summed E-state index contributed by atoms with van der Waals surface area (Å²) in [5.41, 5.74) is 11.6. The van der Waals surface area contributed by atoms with E-state index in [1.54, 1.807) is 0 Å². The number of fused-ring (bicyclic) bond motifs is 4. The number of nitrogens with zero attached hydrogens (tertiary/aromatic N) is 8.